The molecule has 0 rings (SSSR count). The van der Waals surface area contributed by atoms with E-state index in [0.717, 1.165) is 96.3 Å². The third-order valence-electron chi connectivity index (χ3n) is 9.82. The number of carbonyl (C=O) groups is 3. The van der Waals surface area contributed by atoms with Crippen LogP contribution >= 0.6 is 0 Å². The minimum absolute atomic E-state index is 0.173. The Morgan fingerprint density at radius 3 is 1.37 bits per heavy atom. The maximum atomic E-state index is 12.8. The smallest absolute Gasteiger partial charge is 0.361 e. The summed E-state index contributed by atoms with van der Waals surface area (Å²) in [5.41, 5.74) is 0. The molecule has 0 aliphatic carbocycles. The molecule has 0 amide bonds. The van der Waals surface area contributed by atoms with Gasteiger partial charge in [0.05, 0.1) is 34.4 Å². The van der Waals surface area contributed by atoms with Gasteiger partial charge in [-0.3, -0.25) is 9.59 Å². The van der Waals surface area contributed by atoms with Crippen molar-refractivity contribution in [3.63, 3.8) is 0 Å². The van der Waals surface area contributed by atoms with E-state index in [1.807, 2.05) is 21.1 Å². The number of nitrogens with zero attached hydrogens (tertiary/aromatic N) is 1. The summed E-state index contributed by atoms with van der Waals surface area (Å²) in [5.74, 6) is -2.08. The van der Waals surface area contributed by atoms with Gasteiger partial charge in [-0.25, -0.2) is 4.79 Å². The molecular weight excluding hydrogens is 791 g/mol. The second-order valence-electron chi connectivity index (χ2n) is 17.0. The highest BCUT2D eigenvalue weighted by Crippen LogP contribution is 2.12. The summed E-state index contributed by atoms with van der Waals surface area (Å²) in [6.45, 7) is 4.65. The molecule has 0 saturated carbocycles. The topological polar surface area (TPSA) is 108 Å². The molecule has 2 unspecified atom stereocenters. The average molecular weight is 881 g/mol. The molecule has 0 aliphatic rings. The monoisotopic (exact) mass is 881 g/mol. The fourth-order valence-corrected chi connectivity index (χ4v) is 6.04. The standard InChI is InChI=1S/C54H89NO8/c1-6-8-10-12-14-16-18-20-22-24-26-28-30-32-34-36-38-40-42-44-51(56)61-48-50(49-62-54(53(58)59)60-47-46-55(3,4)5)63-52(57)45-43-41-39-37-35-33-31-29-27-25-23-21-19-17-15-13-11-9-7-2/h9,11,14-17,20-23,26-29,33,35,50,54H,6-8,10,12-13,18-19,24-25,30-32,34,36-49H2,1-5H3/p+1/b11-9-,16-14-,17-15-,22-20-,23-21-,28-26-,29-27-,35-33-. The van der Waals surface area contributed by atoms with Gasteiger partial charge >= 0.3 is 17.9 Å². The lowest BCUT2D eigenvalue weighted by Crippen LogP contribution is -2.40. The minimum atomic E-state index is -1.53. The molecule has 1 N–H and O–H groups in total. The first-order chi connectivity index (χ1) is 30.6. The molecule has 0 saturated heterocycles. The maximum absolute atomic E-state index is 12.8. The number of ether oxygens (including phenoxy) is 4. The Labute approximate surface area is 384 Å². The van der Waals surface area contributed by atoms with Crippen LogP contribution in [0.15, 0.2) is 97.2 Å². The molecule has 0 bridgehead atoms. The van der Waals surface area contributed by atoms with E-state index in [4.69, 9.17) is 18.9 Å². The van der Waals surface area contributed by atoms with E-state index in [9.17, 15) is 19.5 Å². The summed E-state index contributed by atoms with van der Waals surface area (Å²) in [6, 6.07) is 0. The van der Waals surface area contributed by atoms with Crippen LogP contribution in [0.4, 0.5) is 0 Å². The van der Waals surface area contributed by atoms with Gasteiger partial charge in [0.15, 0.2) is 6.10 Å². The van der Waals surface area contributed by atoms with E-state index < -0.39 is 24.3 Å². The fraction of sp³-hybridized carbons (Fsp3) is 0.648. The summed E-state index contributed by atoms with van der Waals surface area (Å²) in [6.07, 6.45) is 56.1. The summed E-state index contributed by atoms with van der Waals surface area (Å²) < 4.78 is 22.7. The SMILES string of the molecule is CC/C=C\C/C=C\C/C=C\C/C=C\C/C=C\CCCCCC(=O)OC(COC(=O)CCCCCCCC/C=C\C/C=C\C/C=C\CCCCC)COC(OCC[N+](C)(C)C)C(=O)O. The first-order valence-electron chi connectivity index (χ1n) is 24.4. The van der Waals surface area contributed by atoms with Gasteiger partial charge < -0.3 is 28.5 Å². The van der Waals surface area contributed by atoms with E-state index in [2.05, 4.69) is 111 Å². The van der Waals surface area contributed by atoms with Gasteiger partial charge in [-0.1, -0.05) is 156 Å². The van der Waals surface area contributed by atoms with Crippen LogP contribution in [0.3, 0.4) is 0 Å². The Balaban J connectivity index is 4.50. The number of hydrogen-bond acceptors (Lipinski definition) is 7. The molecular formula is C54H90NO8+. The molecule has 2 atom stereocenters. The molecule has 0 aromatic rings. The normalized spacial score (nSPS) is 13.7. The lowest BCUT2D eigenvalue weighted by Gasteiger charge is -2.25. The fourth-order valence-electron chi connectivity index (χ4n) is 6.04. The van der Waals surface area contributed by atoms with Crippen LogP contribution < -0.4 is 0 Å². The molecule has 0 fully saturated rings. The Kier molecular flexibility index (Phi) is 42.1. The number of unbranched alkanes of at least 4 members (excludes halogenated alkanes) is 12. The van der Waals surface area contributed by atoms with Gasteiger partial charge in [0.1, 0.15) is 13.2 Å². The zero-order valence-electron chi connectivity index (χ0n) is 40.4. The molecule has 0 spiro atoms. The molecule has 0 aromatic carbocycles. The highest BCUT2D eigenvalue weighted by atomic mass is 16.7. The largest absolute Gasteiger partial charge is 0.477 e. The van der Waals surface area contributed by atoms with E-state index in [0.29, 0.717) is 17.4 Å². The lowest BCUT2D eigenvalue weighted by molar-refractivity contribution is -0.870. The van der Waals surface area contributed by atoms with E-state index >= 15 is 0 Å². The Hall–Kier alpha value is -3.79. The number of carboxylic acid groups (broad SMARTS) is 1. The number of aliphatic carboxylic acids is 1. The van der Waals surface area contributed by atoms with E-state index in [1.165, 1.54) is 38.5 Å². The van der Waals surface area contributed by atoms with Crippen LogP contribution in [0, 0.1) is 0 Å². The third kappa shape index (κ3) is 46.0. The first-order valence-corrected chi connectivity index (χ1v) is 24.4. The van der Waals surface area contributed by atoms with Gasteiger partial charge in [-0.2, -0.15) is 0 Å². The second-order valence-corrected chi connectivity index (χ2v) is 17.0. The number of quaternary nitrogens is 1. The van der Waals surface area contributed by atoms with Gasteiger partial charge in [0.25, 0.3) is 6.29 Å². The number of rotatable bonds is 43. The summed E-state index contributed by atoms with van der Waals surface area (Å²) >= 11 is 0. The maximum Gasteiger partial charge on any atom is 0.361 e. The second kappa shape index (κ2) is 44.8. The number of carboxylic acids is 1. The Morgan fingerprint density at radius 2 is 0.905 bits per heavy atom. The van der Waals surface area contributed by atoms with Crippen molar-refractivity contribution in [2.24, 2.45) is 0 Å². The Morgan fingerprint density at radius 1 is 0.492 bits per heavy atom. The molecule has 9 nitrogen and oxygen atoms in total. The van der Waals surface area contributed by atoms with Crippen LogP contribution in [-0.4, -0.2) is 87.4 Å². The molecule has 358 valence electrons. The van der Waals surface area contributed by atoms with Crippen molar-refractivity contribution in [3.8, 4) is 0 Å². The predicted molar refractivity (Wildman–Crippen MR) is 262 cm³/mol. The number of carbonyl (C=O) groups excluding carboxylic acids is 2. The molecule has 63 heavy (non-hydrogen) atoms. The minimum Gasteiger partial charge on any atom is -0.477 e. The van der Waals surface area contributed by atoms with Gasteiger partial charge in [0, 0.05) is 12.8 Å². The van der Waals surface area contributed by atoms with Crippen molar-refractivity contribution in [2.45, 2.75) is 180 Å². The first kappa shape index (κ1) is 59.2. The number of allylic oxidation sites excluding steroid dienone is 16. The van der Waals surface area contributed by atoms with E-state index in [-0.39, 0.29) is 38.6 Å². The van der Waals surface area contributed by atoms with Crippen LogP contribution in [-0.2, 0) is 33.3 Å². The van der Waals surface area contributed by atoms with E-state index in [1.54, 1.807) is 0 Å². The van der Waals surface area contributed by atoms with Crippen LogP contribution in [0.1, 0.15) is 168 Å². The highest BCUT2D eigenvalue weighted by Gasteiger charge is 2.25. The number of esters is 2. The van der Waals surface area contributed by atoms with Crippen molar-refractivity contribution < 1.29 is 42.9 Å². The number of hydrogen-bond donors (Lipinski definition) is 1. The van der Waals surface area contributed by atoms with Crippen molar-refractivity contribution in [3.05, 3.63) is 97.2 Å². The van der Waals surface area contributed by atoms with Crippen molar-refractivity contribution in [1.82, 2.24) is 0 Å². The molecule has 0 radical (unpaired) electrons. The number of likely N-dealkylation sites (N-methyl/N-ethyl adjacent to an activating group) is 1. The van der Waals surface area contributed by atoms with Gasteiger partial charge in [-0.15, -0.1) is 0 Å². The summed E-state index contributed by atoms with van der Waals surface area (Å²) in [7, 11) is 5.93. The molecule has 9 heteroatoms. The van der Waals surface area contributed by atoms with Gasteiger partial charge in [0.2, 0.25) is 0 Å². The predicted octanol–water partition coefficient (Wildman–Crippen LogP) is 13.4. The Bertz CT molecular complexity index is 1350. The molecule has 0 heterocycles. The van der Waals surface area contributed by atoms with Crippen LogP contribution in [0.2, 0.25) is 0 Å². The quantitative estimate of drug-likeness (QED) is 0.0212. The van der Waals surface area contributed by atoms with Crippen molar-refractivity contribution in [1.29, 1.82) is 0 Å². The highest BCUT2D eigenvalue weighted by molar-refractivity contribution is 5.71. The zero-order chi connectivity index (χ0) is 46.3. The molecule has 0 aliphatic heterocycles. The van der Waals surface area contributed by atoms with Crippen LogP contribution in [0.5, 0.6) is 0 Å². The summed E-state index contributed by atoms with van der Waals surface area (Å²) in [4.78, 5) is 37.2. The average Bonchev–Trinajstić information content (AvgIpc) is 3.24. The van der Waals surface area contributed by atoms with Crippen LogP contribution in [0.25, 0.3) is 0 Å². The summed E-state index contributed by atoms with van der Waals surface area (Å²) in [5, 5.41) is 9.66. The van der Waals surface area contributed by atoms with Crippen molar-refractivity contribution >= 4 is 17.9 Å². The zero-order valence-corrected chi connectivity index (χ0v) is 40.4. The lowest BCUT2D eigenvalue weighted by atomic mass is 10.1. The third-order valence-corrected chi connectivity index (χ3v) is 9.82. The van der Waals surface area contributed by atoms with Crippen molar-refractivity contribution in [2.75, 3.05) is 47.5 Å². The molecule has 0 aromatic heterocycles. The van der Waals surface area contributed by atoms with Gasteiger partial charge in [-0.05, 0) is 96.3 Å².